The Hall–Kier alpha value is -1.42. The molecule has 0 spiro atoms. The molecule has 1 aromatic rings. The molecular formula is C9H6F3O3P. The second-order valence-corrected chi connectivity index (χ2v) is 3.52. The van der Waals surface area contributed by atoms with Gasteiger partial charge in [0.25, 0.3) is 0 Å². The molecule has 1 rings (SSSR count). The van der Waals surface area contributed by atoms with Crippen LogP contribution in [0.15, 0.2) is 12.1 Å². The van der Waals surface area contributed by atoms with Crippen LogP contribution in [0.5, 0.6) is 0 Å². The topological polar surface area (TPSA) is 43.4 Å². The van der Waals surface area contributed by atoms with Crippen LogP contribution in [-0.2, 0) is 9.74 Å². The molecule has 16 heavy (non-hydrogen) atoms. The molecule has 1 atom stereocenters. The predicted molar refractivity (Wildman–Crippen MR) is 51.8 cm³/mol. The van der Waals surface area contributed by atoms with Gasteiger partial charge in [-0.05, 0) is 12.1 Å². The van der Waals surface area contributed by atoms with Crippen LogP contribution in [0.3, 0.4) is 0 Å². The molecule has 0 saturated heterocycles. The molecule has 7 heteroatoms. The Morgan fingerprint density at radius 1 is 1.25 bits per heavy atom. The SMILES string of the molecule is O=C(CC(=O)c1cc(F)c(P)cc1F)OF. The number of Topliss-reactive ketones (excluding diaryl/α,β-unsaturated/α-hetero) is 1. The first-order valence-electron chi connectivity index (χ1n) is 4.05. The van der Waals surface area contributed by atoms with Crippen molar-refractivity contribution in [3.05, 3.63) is 29.3 Å². The maximum atomic E-state index is 13.2. The maximum Gasteiger partial charge on any atom is 0.356 e. The molecule has 3 nitrogen and oxygen atoms in total. The maximum absolute atomic E-state index is 13.2. The molecular weight excluding hydrogens is 244 g/mol. The monoisotopic (exact) mass is 250 g/mol. The summed E-state index contributed by atoms with van der Waals surface area (Å²) in [7, 11) is 1.94. The lowest BCUT2D eigenvalue weighted by molar-refractivity contribution is -0.182. The van der Waals surface area contributed by atoms with Crippen LogP contribution < -0.4 is 5.30 Å². The van der Waals surface area contributed by atoms with Gasteiger partial charge in [0, 0.05) is 9.83 Å². The average molecular weight is 250 g/mol. The summed E-state index contributed by atoms with van der Waals surface area (Å²) in [4.78, 5) is 24.4. The Kier molecular flexibility index (Phi) is 4.01. The summed E-state index contributed by atoms with van der Waals surface area (Å²) in [5.74, 6) is -4.31. The van der Waals surface area contributed by atoms with Gasteiger partial charge in [-0.15, -0.1) is 9.24 Å². The minimum atomic E-state index is -1.46. The lowest BCUT2D eigenvalue weighted by atomic mass is 10.1. The Balaban J connectivity index is 3.00. The van der Waals surface area contributed by atoms with Gasteiger partial charge in [0.15, 0.2) is 5.78 Å². The number of ketones is 1. The standard InChI is InChI=1S/C9H6F3O3P/c10-5-2-8(16)6(11)1-4(5)7(13)3-9(14)15-12/h1-2H,3,16H2. The van der Waals surface area contributed by atoms with Crippen molar-refractivity contribution in [3.8, 4) is 0 Å². The van der Waals surface area contributed by atoms with E-state index in [4.69, 9.17) is 0 Å². The summed E-state index contributed by atoms with van der Waals surface area (Å²) in [6.07, 6.45) is -0.983. The highest BCUT2D eigenvalue weighted by Gasteiger charge is 2.19. The van der Waals surface area contributed by atoms with Crippen molar-refractivity contribution in [2.75, 3.05) is 0 Å². The fraction of sp³-hybridized carbons (Fsp3) is 0.111. The minimum absolute atomic E-state index is 0.0536. The molecule has 0 N–H and O–H groups in total. The van der Waals surface area contributed by atoms with Gasteiger partial charge in [0.05, 0.1) is 5.56 Å². The minimum Gasteiger partial charge on any atom is -0.293 e. The predicted octanol–water partition coefficient (Wildman–Crippen LogP) is 1.47. The number of halogens is 3. The molecule has 86 valence electrons. The van der Waals surface area contributed by atoms with Gasteiger partial charge < -0.3 is 0 Å². The van der Waals surface area contributed by atoms with E-state index in [0.29, 0.717) is 6.07 Å². The summed E-state index contributed by atoms with van der Waals surface area (Å²) in [5, 5.41) is -0.0536. The third-order valence-corrected chi connectivity index (χ3v) is 2.22. The fourth-order valence-corrected chi connectivity index (χ4v) is 1.26. The lowest BCUT2D eigenvalue weighted by Gasteiger charge is -2.03. The summed E-state index contributed by atoms with van der Waals surface area (Å²) in [6.45, 7) is 0. The lowest BCUT2D eigenvalue weighted by Crippen LogP contribution is -2.13. The average Bonchev–Trinajstić information content (AvgIpc) is 2.23. The number of carbonyl (C=O) groups excluding carboxylic acids is 2. The second-order valence-electron chi connectivity index (χ2n) is 2.90. The molecule has 0 amide bonds. The van der Waals surface area contributed by atoms with E-state index in [9.17, 15) is 22.9 Å². The zero-order valence-corrected chi connectivity index (χ0v) is 8.95. The van der Waals surface area contributed by atoms with Crippen LogP contribution in [0.1, 0.15) is 16.8 Å². The molecule has 0 aliphatic rings. The number of hydrogen-bond acceptors (Lipinski definition) is 3. The van der Waals surface area contributed by atoms with Crippen molar-refractivity contribution in [1.82, 2.24) is 0 Å². The van der Waals surface area contributed by atoms with Crippen LogP contribution in [0.4, 0.5) is 13.3 Å². The Morgan fingerprint density at radius 2 is 1.88 bits per heavy atom. The van der Waals surface area contributed by atoms with E-state index < -0.39 is 35.4 Å². The summed E-state index contributed by atoms with van der Waals surface area (Å²) >= 11 is 0. The normalized spacial score (nSPS) is 10.0. The van der Waals surface area contributed by atoms with Crippen molar-refractivity contribution >= 4 is 26.3 Å². The van der Waals surface area contributed by atoms with Crippen molar-refractivity contribution < 1.29 is 27.8 Å². The summed E-state index contributed by atoms with van der Waals surface area (Å²) < 4.78 is 37.5. The molecule has 0 aliphatic carbocycles. The van der Waals surface area contributed by atoms with Gasteiger partial charge in [-0.3, -0.25) is 9.74 Å². The number of hydrogen-bond donors (Lipinski definition) is 0. The molecule has 0 heterocycles. The second kappa shape index (κ2) is 5.07. The van der Waals surface area contributed by atoms with Crippen molar-refractivity contribution in [1.29, 1.82) is 0 Å². The van der Waals surface area contributed by atoms with E-state index in [2.05, 4.69) is 4.94 Å². The Bertz CT molecular complexity index is 448. The van der Waals surface area contributed by atoms with Crippen LogP contribution in [0, 0.1) is 11.6 Å². The highest BCUT2D eigenvalue weighted by molar-refractivity contribution is 7.27. The van der Waals surface area contributed by atoms with E-state index in [1.54, 1.807) is 0 Å². The molecule has 0 bridgehead atoms. The van der Waals surface area contributed by atoms with Gasteiger partial charge in [-0.2, -0.15) is 0 Å². The summed E-state index contributed by atoms with van der Waals surface area (Å²) in [5.41, 5.74) is -0.617. The van der Waals surface area contributed by atoms with E-state index in [0.717, 1.165) is 6.07 Å². The first-order valence-corrected chi connectivity index (χ1v) is 4.62. The summed E-state index contributed by atoms with van der Waals surface area (Å²) in [6, 6.07) is 1.43. The molecule has 0 aromatic heterocycles. The molecule has 0 saturated carbocycles. The zero-order chi connectivity index (χ0) is 12.3. The van der Waals surface area contributed by atoms with Gasteiger partial charge >= 0.3 is 5.97 Å². The van der Waals surface area contributed by atoms with Crippen LogP contribution in [0.2, 0.25) is 0 Å². The van der Waals surface area contributed by atoms with Crippen LogP contribution >= 0.6 is 9.24 Å². The molecule has 0 radical (unpaired) electrons. The van der Waals surface area contributed by atoms with Crippen molar-refractivity contribution in [2.45, 2.75) is 6.42 Å². The third kappa shape index (κ3) is 2.79. The van der Waals surface area contributed by atoms with E-state index in [1.807, 2.05) is 9.24 Å². The Morgan fingerprint density at radius 3 is 2.44 bits per heavy atom. The van der Waals surface area contributed by atoms with Gasteiger partial charge in [-0.1, -0.05) is 0 Å². The number of rotatable bonds is 3. The van der Waals surface area contributed by atoms with Crippen molar-refractivity contribution in [3.63, 3.8) is 0 Å². The van der Waals surface area contributed by atoms with Crippen LogP contribution in [0.25, 0.3) is 0 Å². The van der Waals surface area contributed by atoms with Gasteiger partial charge in [-0.25, -0.2) is 13.6 Å². The van der Waals surface area contributed by atoms with Crippen molar-refractivity contribution in [2.24, 2.45) is 0 Å². The highest BCUT2D eigenvalue weighted by atomic mass is 31.0. The molecule has 1 aromatic carbocycles. The molecule has 0 aliphatic heterocycles. The quantitative estimate of drug-likeness (QED) is 0.463. The van der Waals surface area contributed by atoms with Gasteiger partial charge in [0.2, 0.25) is 0 Å². The highest BCUT2D eigenvalue weighted by Crippen LogP contribution is 2.12. The molecule has 1 unspecified atom stereocenters. The van der Waals surface area contributed by atoms with E-state index >= 15 is 0 Å². The number of benzene rings is 1. The largest absolute Gasteiger partial charge is 0.356 e. The Labute approximate surface area is 90.7 Å². The first-order chi connectivity index (χ1) is 7.45. The smallest absolute Gasteiger partial charge is 0.293 e. The van der Waals surface area contributed by atoms with Crippen LogP contribution in [-0.4, -0.2) is 11.8 Å². The number of carbonyl (C=O) groups is 2. The first kappa shape index (κ1) is 12.6. The van der Waals surface area contributed by atoms with Gasteiger partial charge in [0.1, 0.15) is 18.1 Å². The fourth-order valence-electron chi connectivity index (χ4n) is 1.03. The molecule has 0 fully saturated rings. The third-order valence-electron chi connectivity index (χ3n) is 1.78. The zero-order valence-electron chi connectivity index (χ0n) is 7.80. The van der Waals surface area contributed by atoms with E-state index in [-0.39, 0.29) is 5.30 Å². The van der Waals surface area contributed by atoms with E-state index in [1.165, 1.54) is 0 Å².